The smallest absolute Gasteiger partial charge is 0.195 e. The normalized spacial score (nSPS) is 9.80. The molecule has 0 heterocycles. The summed E-state index contributed by atoms with van der Waals surface area (Å²) in [5, 5.41) is 8.74. The van der Waals surface area contributed by atoms with Gasteiger partial charge in [0.15, 0.2) is 5.78 Å². The van der Waals surface area contributed by atoms with Gasteiger partial charge in [0.2, 0.25) is 0 Å². The van der Waals surface area contributed by atoms with Gasteiger partial charge in [0.1, 0.15) is 5.75 Å². The molecule has 0 aromatic heterocycles. The number of ketones is 1. The van der Waals surface area contributed by atoms with Gasteiger partial charge in [-0.05, 0) is 35.9 Å². The number of carbonyl (C=O) groups is 1. The van der Waals surface area contributed by atoms with Crippen LogP contribution < -0.4 is 10.5 Å². The van der Waals surface area contributed by atoms with Crippen LogP contribution >= 0.6 is 0 Å². The first kappa shape index (κ1) is 13.6. The Morgan fingerprint density at radius 2 is 1.95 bits per heavy atom. The molecule has 0 unspecified atom stereocenters. The van der Waals surface area contributed by atoms with E-state index in [-0.39, 0.29) is 12.2 Å². The zero-order valence-corrected chi connectivity index (χ0v) is 11.1. The monoisotopic (exact) mass is 266 g/mol. The molecule has 0 aliphatic carbocycles. The second-order valence-corrected chi connectivity index (χ2v) is 4.27. The van der Waals surface area contributed by atoms with Gasteiger partial charge >= 0.3 is 0 Å². The Bertz CT molecular complexity index is 670. The van der Waals surface area contributed by atoms with Gasteiger partial charge in [-0.15, -0.1) is 0 Å². The molecule has 0 aliphatic rings. The number of carbonyl (C=O) groups excluding carboxylic acids is 1. The molecule has 0 spiro atoms. The molecule has 0 aliphatic heterocycles. The molecule has 20 heavy (non-hydrogen) atoms. The van der Waals surface area contributed by atoms with Gasteiger partial charge in [0.05, 0.1) is 19.6 Å². The van der Waals surface area contributed by atoms with E-state index in [1.165, 1.54) is 0 Å². The standard InChI is InChI=1S/C16H14N2O2/c1-20-13-7-5-12(6-8-13)16(19)14-4-2-3-11(9-10-17)15(14)18/h2-8H,9,18H2,1H3. The molecule has 2 rings (SSSR count). The Morgan fingerprint density at radius 3 is 2.55 bits per heavy atom. The van der Waals surface area contributed by atoms with Crippen LogP contribution in [-0.2, 0) is 6.42 Å². The predicted molar refractivity (Wildman–Crippen MR) is 76.6 cm³/mol. The molecule has 2 aromatic carbocycles. The average molecular weight is 266 g/mol. The van der Waals surface area contributed by atoms with E-state index in [1.807, 2.05) is 6.07 Å². The summed E-state index contributed by atoms with van der Waals surface area (Å²) in [7, 11) is 1.57. The highest BCUT2D eigenvalue weighted by molar-refractivity contribution is 6.12. The summed E-state index contributed by atoms with van der Waals surface area (Å²) in [5.41, 5.74) is 7.96. The molecule has 0 saturated carbocycles. The van der Waals surface area contributed by atoms with Crippen LogP contribution in [0.1, 0.15) is 21.5 Å². The molecule has 100 valence electrons. The lowest BCUT2D eigenvalue weighted by atomic mass is 9.98. The van der Waals surface area contributed by atoms with Gasteiger partial charge in [0.25, 0.3) is 0 Å². The fourth-order valence-corrected chi connectivity index (χ4v) is 1.95. The van der Waals surface area contributed by atoms with E-state index in [2.05, 4.69) is 0 Å². The fraction of sp³-hybridized carbons (Fsp3) is 0.125. The van der Waals surface area contributed by atoms with Gasteiger partial charge in [-0.3, -0.25) is 4.79 Å². The Labute approximate surface area is 117 Å². The van der Waals surface area contributed by atoms with Crippen LogP contribution in [0.15, 0.2) is 42.5 Å². The topological polar surface area (TPSA) is 76.1 Å². The second kappa shape index (κ2) is 5.89. The van der Waals surface area contributed by atoms with E-state index in [1.54, 1.807) is 49.6 Å². The zero-order valence-electron chi connectivity index (χ0n) is 11.1. The average Bonchev–Trinajstić information content (AvgIpc) is 2.49. The van der Waals surface area contributed by atoms with Crippen molar-refractivity contribution in [3.05, 3.63) is 59.2 Å². The number of anilines is 1. The first-order valence-corrected chi connectivity index (χ1v) is 6.10. The first-order chi connectivity index (χ1) is 9.67. The second-order valence-electron chi connectivity index (χ2n) is 4.27. The SMILES string of the molecule is COc1ccc(C(=O)c2cccc(CC#N)c2N)cc1. The van der Waals surface area contributed by atoms with Crippen molar-refractivity contribution in [3.63, 3.8) is 0 Å². The third-order valence-electron chi connectivity index (χ3n) is 3.06. The zero-order chi connectivity index (χ0) is 14.5. The minimum Gasteiger partial charge on any atom is -0.497 e. The summed E-state index contributed by atoms with van der Waals surface area (Å²) in [6.07, 6.45) is 0.190. The highest BCUT2D eigenvalue weighted by atomic mass is 16.5. The van der Waals surface area contributed by atoms with Gasteiger partial charge < -0.3 is 10.5 Å². The summed E-state index contributed by atoms with van der Waals surface area (Å²) in [6.45, 7) is 0. The summed E-state index contributed by atoms with van der Waals surface area (Å²) < 4.78 is 5.06. The summed E-state index contributed by atoms with van der Waals surface area (Å²) in [6, 6.07) is 14.0. The molecule has 0 atom stereocenters. The van der Waals surface area contributed by atoms with Gasteiger partial charge in [-0.25, -0.2) is 0 Å². The Kier molecular flexibility index (Phi) is 4.02. The summed E-state index contributed by atoms with van der Waals surface area (Å²) >= 11 is 0. The van der Waals surface area contributed by atoms with Crippen LogP contribution in [0.2, 0.25) is 0 Å². The maximum absolute atomic E-state index is 12.4. The van der Waals surface area contributed by atoms with Gasteiger partial charge in [-0.1, -0.05) is 12.1 Å². The van der Waals surface area contributed by atoms with Crippen LogP contribution in [0.5, 0.6) is 5.75 Å². The Hall–Kier alpha value is -2.80. The van der Waals surface area contributed by atoms with Crippen molar-refractivity contribution < 1.29 is 9.53 Å². The molecular weight excluding hydrogens is 252 g/mol. The van der Waals surface area contributed by atoms with Gasteiger partial charge in [0, 0.05) is 16.8 Å². The molecule has 2 N–H and O–H groups in total. The first-order valence-electron chi connectivity index (χ1n) is 6.10. The summed E-state index contributed by atoms with van der Waals surface area (Å²) in [4.78, 5) is 12.4. The molecule has 0 fully saturated rings. The largest absolute Gasteiger partial charge is 0.497 e. The molecule has 4 nitrogen and oxygen atoms in total. The number of nitriles is 1. The van der Waals surface area contributed by atoms with E-state index in [9.17, 15) is 4.79 Å². The van der Waals surface area contributed by atoms with Crippen LogP contribution in [0, 0.1) is 11.3 Å². The lowest BCUT2D eigenvalue weighted by molar-refractivity contribution is 0.103. The maximum Gasteiger partial charge on any atom is 0.195 e. The maximum atomic E-state index is 12.4. The van der Waals surface area contributed by atoms with Crippen LogP contribution in [0.25, 0.3) is 0 Å². The lowest BCUT2D eigenvalue weighted by Gasteiger charge is -2.08. The molecule has 0 bridgehead atoms. The van der Waals surface area contributed by atoms with E-state index < -0.39 is 0 Å². The fourth-order valence-electron chi connectivity index (χ4n) is 1.95. The molecule has 0 saturated heterocycles. The highest BCUT2D eigenvalue weighted by Crippen LogP contribution is 2.22. The van der Waals surface area contributed by atoms with E-state index >= 15 is 0 Å². The Morgan fingerprint density at radius 1 is 1.25 bits per heavy atom. The van der Waals surface area contributed by atoms with Crippen molar-refractivity contribution in [2.75, 3.05) is 12.8 Å². The number of methoxy groups -OCH3 is 1. The Balaban J connectivity index is 2.38. The van der Waals surface area contributed by atoms with Crippen molar-refractivity contribution in [3.8, 4) is 11.8 Å². The van der Waals surface area contributed by atoms with E-state index in [4.69, 9.17) is 15.7 Å². The van der Waals surface area contributed by atoms with Crippen molar-refractivity contribution in [1.82, 2.24) is 0 Å². The molecular formula is C16H14N2O2. The number of nitrogens with zero attached hydrogens (tertiary/aromatic N) is 1. The third kappa shape index (κ3) is 2.62. The molecule has 2 aromatic rings. The quantitative estimate of drug-likeness (QED) is 0.681. The van der Waals surface area contributed by atoms with Crippen molar-refractivity contribution in [1.29, 1.82) is 5.26 Å². The highest BCUT2D eigenvalue weighted by Gasteiger charge is 2.14. The van der Waals surface area contributed by atoms with Crippen molar-refractivity contribution >= 4 is 11.5 Å². The van der Waals surface area contributed by atoms with Crippen molar-refractivity contribution in [2.24, 2.45) is 0 Å². The van der Waals surface area contributed by atoms with Crippen LogP contribution in [0.4, 0.5) is 5.69 Å². The lowest BCUT2D eigenvalue weighted by Crippen LogP contribution is -2.07. The minimum absolute atomic E-state index is 0.162. The van der Waals surface area contributed by atoms with Crippen molar-refractivity contribution in [2.45, 2.75) is 6.42 Å². The predicted octanol–water partition coefficient (Wildman–Crippen LogP) is 2.57. The van der Waals surface area contributed by atoms with E-state index in [0.29, 0.717) is 28.1 Å². The number of benzene rings is 2. The number of hydrogen-bond acceptors (Lipinski definition) is 4. The number of rotatable bonds is 4. The minimum atomic E-state index is -0.162. The van der Waals surface area contributed by atoms with Crippen LogP contribution in [-0.4, -0.2) is 12.9 Å². The number of nitrogen functional groups attached to an aromatic ring is 1. The molecule has 0 amide bonds. The number of nitrogens with two attached hydrogens (primary N) is 1. The third-order valence-corrected chi connectivity index (χ3v) is 3.06. The molecule has 0 radical (unpaired) electrons. The summed E-state index contributed by atoms with van der Waals surface area (Å²) in [5.74, 6) is 0.526. The van der Waals surface area contributed by atoms with E-state index in [0.717, 1.165) is 0 Å². The number of para-hydroxylation sites is 1. The molecule has 4 heteroatoms. The number of hydrogen-bond donors (Lipinski definition) is 1. The van der Waals surface area contributed by atoms with Gasteiger partial charge in [-0.2, -0.15) is 5.26 Å². The van der Waals surface area contributed by atoms with Crippen LogP contribution in [0.3, 0.4) is 0 Å². The number of ether oxygens (including phenoxy) is 1.